The van der Waals surface area contributed by atoms with E-state index in [4.69, 9.17) is 10.5 Å². The lowest BCUT2D eigenvalue weighted by Gasteiger charge is -2.56. The first-order valence-corrected chi connectivity index (χ1v) is 8.47. The van der Waals surface area contributed by atoms with Gasteiger partial charge in [-0.1, -0.05) is 38.2 Å². The molecule has 9 atom stereocenters. The summed E-state index contributed by atoms with van der Waals surface area (Å²) in [6.45, 7) is 5.02. The van der Waals surface area contributed by atoms with Crippen molar-refractivity contribution in [3.63, 3.8) is 0 Å². The van der Waals surface area contributed by atoms with Gasteiger partial charge in [0.2, 0.25) is 0 Å². The Hall–Kier alpha value is -0.680. The minimum Gasteiger partial charge on any atom is -0.391 e. The van der Waals surface area contributed by atoms with Gasteiger partial charge >= 0.3 is 0 Å². The van der Waals surface area contributed by atoms with E-state index in [0.29, 0.717) is 24.4 Å². The second kappa shape index (κ2) is 4.67. The Balaban J connectivity index is 1.71. The van der Waals surface area contributed by atoms with Crippen LogP contribution in [0.1, 0.15) is 26.7 Å². The largest absolute Gasteiger partial charge is 0.391 e. The van der Waals surface area contributed by atoms with Crippen molar-refractivity contribution in [3.05, 3.63) is 24.3 Å². The molecule has 0 aromatic carbocycles. The first-order chi connectivity index (χ1) is 10.4. The Morgan fingerprint density at radius 1 is 1.14 bits per heavy atom. The molecule has 0 amide bonds. The van der Waals surface area contributed by atoms with Gasteiger partial charge in [0.1, 0.15) is 0 Å². The molecular formula is C18H27NO3. The quantitative estimate of drug-likeness (QED) is 0.588. The highest BCUT2D eigenvalue weighted by Crippen LogP contribution is 2.58. The number of allylic oxidation sites excluding steroid dienone is 1. The number of aliphatic hydroxyl groups excluding tert-OH is 2. The molecule has 4 unspecified atom stereocenters. The van der Waals surface area contributed by atoms with Crippen LogP contribution >= 0.6 is 0 Å². The van der Waals surface area contributed by atoms with Crippen LogP contribution in [-0.2, 0) is 4.74 Å². The fraction of sp³-hybridized carbons (Fsp3) is 0.778. The summed E-state index contributed by atoms with van der Waals surface area (Å²) < 4.78 is 6.35. The predicted molar refractivity (Wildman–Crippen MR) is 83.9 cm³/mol. The lowest BCUT2D eigenvalue weighted by atomic mass is 9.56. The van der Waals surface area contributed by atoms with Crippen molar-refractivity contribution in [3.8, 4) is 0 Å². The van der Waals surface area contributed by atoms with Gasteiger partial charge in [0.05, 0.1) is 24.9 Å². The van der Waals surface area contributed by atoms with Crippen molar-refractivity contribution in [2.24, 2.45) is 34.3 Å². The lowest BCUT2D eigenvalue weighted by Crippen LogP contribution is -2.59. The first kappa shape index (κ1) is 14.9. The van der Waals surface area contributed by atoms with E-state index in [-0.39, 0.29) is 29.1 Å². The zero-order valence-corrected chi connectivity index (χ0v) is 13.4. The van der Waals surface area contributed by atoms with Gasteiger partial charge in [-0.05, 0) is 24.7 Å². The Kier molecular flexibility index (Phi) is 3.16. The molecule has 4 aliphatic rings. The summed E-state index contributed by atoms with van der Waals surface area (Å²) in [4.78, 5) is 0. The molecule has 1 aliphatic heterocycles. The van der Waals surface area contributed by atoms with Crippen LogP contribution in [-0.4, -0.2) is 41.2 Å². The molecule has 0 radical (unpaired) electrons. The molecule has 4 heteroatoms. The van der Waals surface area contributed by atoms with Gasteiger partial charge in [0, 0.05) is 22.8 Å². The number of hydrogen-bond acceptors (Lipinski definition) is 4. The third-order valence-electron chi connectivity index (χ3n) is 7.06. The number of ether oxygens (including phenoxy) is 1. The number of nitrogens with two attached hydrogens (primary N) is 1. The summed E-state index contributed by atoms with van der Waals surface area (Å²) in [6, 6.07) is -0.207. The Morgan fingerprint density at radius 3 is 2.68 bits per heavy atom. The standard InChI is InChI=1S/C18H27NO3/c1-17-6-5-11(20)7-10(17)3-4-12-13-8-14(21)15(19)18(13,2)9-22-16(12)17/h3-6,10-16,20-21H,7-9,19H2,1-2H3/t10?,11?,12-,13-,14?,15?,16+,17-,18-/m0/s1. The predicted octanol–water partition coefficient (Wildman–Crippen LogP) is 1.23. The van der Waals surface area contributed by atoms with Crippen molar-refractivity contribution in [1.82, 2.24) is 0 Å². The van der Waals surface area contributed by atoms with Gasteiger partial charge in [0.15, 0.2) is 0 Å². The van der Waals surface area contributed by atoms with Crippen LogP contribution in [0, 0.1) is 28.6 Å². The average molecular weight is 305 g/mol. The number of rotatable bonds is 0. The van der Waals surface area contributed by atoms with Crippen LogP contribution < -0.4 is 5.73 Å². The summed E-state index contributed by atoms with van der Waals surface area (Å²) in [5, 5.41) is 20.2. The average Bonchev–Trinajstić information content (AvgIpc) is 2.72. The normalized spacial score (nSPS) is 59.8. The maximum Gasteiger partial charge on any atom is 0.0734 e. The third kappa shape index (κ3) is 1.78. The Labute approximate surface area is 132 Å². The molecule has 1 heterocycles. The van der Waals surface area contributed by atoms with Crippen LogP contribution in [0.2, 0.25) is 0 Å². The monoisotopic (exact) mass is 305 g/mol. The summed E-state index contributed by atoms with van der Waals surface area (Å²) in [6.07, 6.45) is 9.46. The summed E-state index contributed by atoms with van der Waals surface area (Å²) >= 11 is 0. The van der Waals surface area contributed by atoms with Crippen LogP contribution in [0.3, 0.4) is 0 Å². The highest BCUT2D eigenvalue weighted by molar-refractivity contribution is 5.25. The summed E-state index contributed by atoms with van der Waals surface area (Å²) in [7, 11) is 0. The van der Waals surface area contributed by atoms with Gasteiger partial charge in [-0.3, -0.25) is 0 Å². The number of fused-ring (bicyclic) bond motifs is 5. The van der Waals surface area contributed by atoms with E-state index in [9.17, 15) is 10.2 Å². The topological polar surface area (TPSA) is 75.7 Å². The van der Waals surface area contributed by atoms with Crippen molar-refractivity contribution >= 4 is 0 Å². The molecule has 4 N–H and O–H groups in total. The second-order valence-corrected chi connectivity index (χ2v) is 8.27. The van der Waals surface area contributed by atoms with E-state index >= 15 is 0 Å². The van der Waals surface area contributed by atoms with Crippen molar-refractivity contribution in [2.45, 2.75) is 51.0 Å². The molecule has 0 bridgehead atoms. The van der Waals surface area contributed by atoms with Crippen molar-refractivity contribution in [2.75, 3.05) is 6.61 Å². The van der Waals surface area contributed by atoms with Gasteiger partial charge in [-0.15, -0.1) is 0 Å². The molecular weight excluding hydrogens is 278 g/mol. The molecule has 1 saturated heterocycles. The minimum absolute atomic E-state index is 0.0718. The fourth-order valence-corrected chi connectivity index (χ4v) is 5.47. The Bertz CT molecular complexity index is 532. The van der Waals surface area contributed by atoms with Crippen LogP contribution in [0.15, 0.2) is 24.3 Å². The van der Waals surface area contributed by atoms with Gasteiger partial charge in [0.25, 0.3) is 0 Å². The maximum absolute atomic E-state index is 10.3. The molecule has 0 spiro atoms. The maximum atomic E-state index is 10.3. The highest BCUT2D eigenvalue weighted by Gasteiger charge is 2.61. The molecule has 3 aliphatic carbocycles. The van der Waals surface area contributed by atoms with Crippen molar-refractivity contribution in [1.29, 1.82) is 0 Å². The van der Waals surface area contributed by atoms with E-state index in [1.165, 1.54) is 0 Å². The van der Waals surface area contributed by atoms with Gasteiger partial charge in [-0.2, -0.15) is 0 Å². The molecule has 22 heavy (non-hydrogen) atoms. The third-order valence-corrected chi connectivity index (χ3v) is 7.06. The fourth-order valence-electron chi connectivity index (χ4n) is 5.47. The number of hydrogen-bond donors (Lipinski definition) is 3. The molecule has 1 saturated carbocycles. The van der Waals surface area contributed by atoms with Gasteiger partial charge in [-0.25, -0.2) is 0 Å². The van der Waals surface area contributed by atoms with E-state index in [1.54, 1.807) is 0 Å². The van der Waals surface area contributed by atoms with Crippen LogP contribution in [0.5, 0.6) is 0 Å². The number of aliphatic hydroxyl groups is 2. The SMILES string of the molecule is C[C@]12C=CC(O)CC1C=C[C@@H]1[C@H]2OC[C@]2(C)C(N)C(O)C[C@@H]12. The summed E-state index contributed by atoms with van der Waals surface area (Å²) in [5.74, 6) is 0.978. The molecule has 0 aromatic heterocycles. The smallest absolute Gasteiger partial charge is 0.0734 e. The van der Waals surface area contributed by atoms with E-state index < -0.39 is 6.10 Å². The molecule has 122 valence electrons. The summed E-state index contributed by atoms with van der Waals surface area (Å²) in [5.41, 5.74) is 6.05. The molecule has 4 rings (SSSR count). The van der Waals surface area contributed by atoms with Gasteiger partial charge < -0.3 is 20.7 Å². The van der Waals surface area contributed by atoms with Crippen molar-refractivity contribution < 1.29 is 14.9 Å². The second-order valence-electron chi connectivity index (χ2n) is 8.27. The Morgan fingerprint density at radius 2 is 1.91 bits per heavy atom. The van der Waals surface area contributed by atoms with E-state index in [2.05, 4.69) is 32.1 Å². The molecule has 0 aromatic rings. The zero-order chi connectivity index (χ0) is 15.7. The van der Waals surface area contributed by atoms with Crippen LogP contribution in [0.4, 0.5) is 0 Å². The zero-order valence-electron chi connectivity index (χ0n) is 13.4. The van der Waals surface area contributed by atoms with E-state index in [0.717, 1.165) is 12.8 Å². The molecule has 4 nitrogen and oxygen atoms in total. The molecule has 2 fully saturated rings. The van der Waals surface area contributed by atoms with Crippen LogP contribution in [0.25, 0.3) is 0 Å². The van der Waals surface area contributed by atoms with E-state index in [1.807, 2.05) is 6.08 Å². The highest BCUT2D eigenvalue weighted by atomic mass is 16.5. The minimum atomic E-state index is -0.431. The lowest BCUT2D eigenvalue weighted by molar-refractivity contribution is -0.163. The first-order valence-electron chi connectivity index (χ1n) is 8.47.